The van der Waals surface area contributed by atoms with Gasteiger partial charge >= 0.3 is 0 Å². The molecule has 0 spiro atoms. The Morgan fingerprint density at radius 1 is 0.950 bits per heavy atom. The highest BCUT2D eigenvalue weighted by Crippen LogP contribution is 2.35. The molecule has 0 aliphatic rings. The molecule has 1 aromatic carbocycles. The van der Waals surface area contributed by atoms with Crippen LogP contribution in [0.15, 0.2) is 48.8 Å². The first kappa shape index (κ1) is 12.8. The second-order valence-corrected chi connectivity index (χ2v) is 5.48. The molecule has 20 heavy (non-hydrogen) atoms. The molecule has 0 unspecified atom stereocenters. The van der Waals surface area contributed by atoms with Gasteiger partial charge in [0.05, 0.1) is 0 Å². The fourth-order valence-corrected chi connectivity index (χ4v) is 2.98. The van der Waals surface area contributed by atoms with Crippen molar-refractivity contribution in [3.05, 3.63) is 71.2 Å². The Kier molecular flexibility index (Phi) is 3.23. The SMILES string of the molecule is Cc1cc(C)c(-c2ccc[nH]2)c([C@H](C)c2ccc[nH]2)c1. The van der Waals surface area contributed by atoms with E-state index in [2.05, 4.69) is 67.1 Å². The number of benzene rings is 1. The Morgan fingerprint density at radius 2 is 1.70 bits per heavy atom. The van der Waals surface area contributed by atoms with Crippen LogP contribution in [0.25, 0.3) is 11.3 Å². The number of aryl methyl sites for hydroxylation is 2. The lowest BCUT2D eigenvalue weighted by atomic mass is 9.87. The van der Waals surface area contributed by atoms with E-state index in [-0.39, 0.29) is 0 Å². The average Bonchev–Trinajstić information content (AvgIpc) is 3.10. The van der Waals surface area contributed by atoms with Gasteiger partial charge in [0.25, 0.3) is 0 Å². The number of hydrogen-bond donors (Lipinski definition) is 2. The van der Waals surface area contributed by atoms with Gasteiger partial charge in [0.2, 0.25) is 0 Å². The number of aromatic amines is 2. The zero-order chi connectivity index (χ0) is 14.1. The number of hydrogen-bond acceptors (Lipinski definition) is 0. The van der Waals surface area contributed by atoms with Gasteiger partial charge in [-0.3, -0.25) is 0 Å². The smallest absolute Gasteiger partial charge is 0.0459 e. The lowest BCUT2D eigenvalue weighted by Crippen LogP contribution is -2.02. The van der Waals surface area contributed by atoms with E-state index >= 15 is 0 Å². The minimum absolute atomic E-state index is 0.349. The summed E-state index contributed by atoms with van der Waals surface area (Å²) >= 11 is 0. The van der Waals surface area contributed by atoms with E-state index in [1.807, 2.05) is 12.4 Å². The van der Waals surface area contributed by atoms with Gasteiger partial charge in [0, 0.05) is 35.3 Å². The van der Waals surface area contributed by atoms with Crippen LogP contribution in [0.3, 0.4) is 0 Å². The Labute approximate surface area is 119 Å². The number of nitrogens with one attached hydrogen (secondary N) is 2. The highest BCUT2D eigenvalue weighted by atomic mass is 14.7. The van der Waals surface area contributed by atoms with Crippen LogP contribution < -0.4 is 0 Å². The molecule has 0 saturated heterocycles. The third kappa shape index (κ3) is 2.18. The summed E-state index contributed by atoms with van der Waals surface area (Å²) < 4.78 is 0. The van der Waals surface area contributed by atoms with Crippen LogP contribution in [-0.2, 0) is 0 Å². The molecule has 0 saturated carbocycles. The summed E-state index contributed by atoms with van der Waals surface area (Å²) in [5.41, 5.74) is 7.76. The van der Waals surface area contributed by atoms with E-state index in [0.29, 0.717) is 5.92 Å². The monoisotopic (exact) mass is 264 g/mol. The topological polar surface area (TPSA) is 31.6 Å². The fraction of sp³-hybridized carbons (Fsp3) is 0.222. The molecular weight excluding hydrogens is 244 g/mol. The molecule has 2 nitrogen and oxygen atoms in total. The Balaban J connectivity index is 2.19. The maximum atomic E-state index is 3.34. The first-order chi connectivity index (χ1) is 9.66. The van der Waals surface area contributed by atoms with Crippen molar-refractivity contribution in [2.75, 3.05) is 0 Å². The number of rotatable bonds is 3. The highest BCUT2D eigenvalue weighted by molar-refractivity contribution is 5.70. The van der Waals surface area contributed by atoms with Crippen LogP contribution in [0, 0.1) is 13.8 Å². The number of aromatic nitrogens is 2. The fourth-order valence-electron chi connectivity index (χ4n) is 2.98. The predicted octanol–water partition coefficient (Wildman–Crippen LogP) is 4.78. The van der Waals surface area contributed by atoms with Crippen LogP contribution in [0.4, 0.5) is 0 Å². The molecule has 0 aliphatic heterocycles. The minimum Gasteiger partial charge on any atom is -0.364 e. The van der Waals surface area contributed by atoms with E-state index in [0.717, 1.165) is 0 Å². The molecule has 3 rings (SSSR count). The molecule has 2 heterocycles. The second kappa shape index (κ2) is 5.04. The molecule has 102 valence electrons. The van der Waals surface area contributed by atoms with E-state index in [1.54, 1.807) is 0 Å². The Morgan fingerprint density at radius 3 is 2.35 bits per heavy atom. The standard InChI is InChI=1S/C18H20N2/c1-12-10-13(2)18(17-7-5-9-20-17)15(11-12)14(3)16-6-4-8-19-16/h4-11,14,19-20H,1-3H3/t14-/m0/s1. The molecular formula is C18H20N2. The summed E-state index contributed by atoms with van der Waals surface area (Å²) in [6.45, 7) is 6.61. The van der Waals surface area contributed by atoms with Gasteiger partial charge in [-0.15, -0.1) is 0 Å². The van der Waals surface area contributed by atoms with Crippen LogP contribution in [-0.4, -0.2) is 9.97 Å². The van der Waals surface area contributed by atoms with Gasteiger partial charge in [-0.05, 0) is 49.2 Å². The number of H-pyrrole nitrogens is 2. The van der Waals surface area contributed by atoms with E-state index in [9.17, 15) is 0 Å². The third-order valence-electron chi connectivity index (χ3n) is 3.93. The van der Waals surface area contributed by atoms with Gasteiger partial charge in [-0.25, -0.2) is 0 Å². The molecule has 0 amide bonds. The van der Waals surface area contributed by atoms with Gasteiger partial charge in [0.15, 0.2) is 0 Å². The van der Waals surface area contributed by atoms with Crippen LogP contribution in [0.1, 0.15) is 35.2 Å². The normalized spacial score (nSPS) is 12.6. The van der Waals surface area contributed by atoms with E-state index in [1.165, 1.54) is 33.6 Å². The highest BCUT2D eigenvalue weighted by Gasteiger charge is 2.17. The molecule has 0 radical (unpaired) electrons. The molecule has 1 atom stereocenters. The summed E-state index contributed by atoms with van der Waals surface area (Å²) in [6, 6.07) is 13.0. The van der Waals surface area contributed by atoms with Gasteiger partial charge in [-0.2, -0.15) is 0 Å². The average molecular weight is 264 g/mol. The molecule has 0 fully saturated rings. The van der Waals surface area contributed by atoms with Crippen molar-refractivity contribution >= 4 is 0 Å². The third-order valence-corrected chi connectivity index (χ3v) is 3.93. The van der Waals surface area contributed by atoms with Crippen LogP contribution >= 0.6 is 0 Å². The summed E-state index contributed by atoms with van der Waals surface area (Å²) in [6.07, 6.45) is 3.97. The lowest BCUT2D eigenvalue weighted by molar-refractivity contribution is 0.881. The molecule has 0 bridgehead atoms. The minimum atomic E-state index is 0.349. The quantitative estimate of drug-likeness (QED) is 0.682. The van der Waals surface area contributed by atoms with Crippen molar-refractivity contribution in [3.63, 3.8) is 0 Å². The van der Waals surface area contributed by atoms with Crippen LogP contribution in [0.2, 0.25) is 0 Å². The first-order valence-electron chi connectivity index (χ1n) is 7.05. The largest absolute Gasteiger partial charge is 0.364 e. The second-order valence-electron chi connectivity index (χ2n) is 5.48. The summed E-state index contributed by atoms with van der Waals surface area (Å²) in [4.78, 5) is 6.68. The Hall–Kier alpha value is -2.22. The van der Waals surface area contributed by atoms with E-state index in [4.69, 9.17) is 0 Å². The van der Waals surface area contributed by atoms with Gasteiger partial charge in [-0.1, -0.05) is 24.6 Å². The summed E-state index contributed by atoms with van der Waals surface area (Å²) in [5, 5.41) is 0. The zero-order valence-corrected chi connectivity index (χ0v) is 12.2. The Bertz CT molecular complexity index is 691. The summed E-state index contributed by atoms with van der Waals surface area (Å²) in [7, 11) is 0. The van der Waals surface area contributed by atoms with Gasteiger partial charge < -0.3 is 9.97 Å². The van der Waals surface area contributed by atoms with E-state index < -0.39 is 0 Å². The van der Waals surface area contributed by atoms with Gasteiger partial charge in [0.1, 0.15) is 0 Å². The van der Waals surface area contributed by atoms with Crippen molar-refractivity contribution in [1.82, 2.24) is 9.97 Å². The molecule has 2 heteroatoms. The first-order valence-corrected chi connectivity index (χ1v) is 7.05. The maximum absolute atomic E-state index is 3.34. The maximum Gasteiger partial charge on any atom is 0.0459 e. The predicted molar refractivity (Wildman–Crippen MR) is 84.0 cm³/mol. The van der Waals surface area contributed by atoms with Crippen molar-refractivity contribution in [2.45, 2.75) is 26.7 Å². The van der Waals surface area contributed by atoms with Crippen molar-refractivity contribution in [1.29, 1.82) is 0 Å². The summed E-state index contributed by atoms with van der Waals surface area (Å²) in [5.74, 6) is 0.349. The molecule has 2 N–H and O–H groups in total. The van der Waals surface area contributed by atoms with Crippen molar-refractivity contribution < 1.29 is 0 Å². The molecule has 2 aromatic heterocycles. The molecule has 0 aliphatic carbocycles. The zero-order valence-electron chi connectivity index (χ0n) is 12.2. The lowest BCUT2D eigenvalue weighted by Gasteiger charge is -2.18. The molecule has 3 aromatic rings. The van der Waals surface area contributed by atoms with Crippen molar-refractivity contribution in [3.8, 4) is 11.3 Å². The van der Waals surface area contributed by atoms with Crippen LogP contribution in [0.5, 0.6) is 0 Å². The van der Waals surface area contributed by atoms with Crippen molar-refractivity contribution in [2.24, 2.45) is 0 Å².